The molecule has 0 saturated carbocycles. The van der Waals surface area contributed by atoms with Gasteiger partial charge in [0.15, 0.2) is 0 Å². The van der Waals surface area contributed by atoms with E-state index in [4.69, 9.17) is 10.9 Å². The molecule has 1 rings (SSSR count). The molecule has 0 aliphatic heterocycles. The van der Waals surface area contributed by atoms with E-state index in [1.54, 1.807) is 12.1 Å². The molecule has 21 heavy (non-hydrogen) atoms. The van der Waals surface area contributed by atoms with Crippen LogP contribution in [0.25, 0.3) is 0 Å². The first kappa shape index (κ1) is 17.6. The van der Waals surface area contributed by atoms with Gasteiger partial charge in [0, 0.05) is 12.1 Å². The summed E-state index contributed by atoms with van der Waals surface area (Å²) in [4.78, 5) is 0.0573. The van der Waals surface area contributed by atoms with Crippen molar-refractivity contribution < 1.29 is 16.8 Å². The van der Waals surface area contributed by atoms with E-state index in [2.05, 4.69) is 16.6 Å². The molecule has 0 heterocycles. The predicted molar refractivity (Wildman–Crippen MR) is 80.2 cm³/mol. The summed E-state index contributed by atoms with van der Waals surface area (Å²) in [5, 5.41) is 4.83. The number of nitrogens with two attached hydrogens (primary N) is 2. The van der Waals surface area contributed by atoms with Crippen LogP contribution in [0.15, 0.2) is 29.2 Å². The summed E-state index contributed by atoms with van der Waals surface area (Å²) in [6.07, 6.45) is 0.102. The molecule has 1 aromatic rings. The minimum Gasteiger partial charge on any atom is -0.320 e. The van der Waals surface area contributed by atoms with Gasteiger partial charge in [0.2, 0.25) is 20.0 Å². The number of benzene rings is 1. The molecule has 0 amide bonds. The van der Waals surface area contributed by atoms with Crippen molar-refractivity contribution in [3.05, 3.63) is 29.8 Å². The van der Waals surface area contributed by atoms with Crippen LogP contribution in [0, 0.1) is 11.8 Å². The quantitative estimate of drug-likeness (QED) is 0.452. The molecule has 0 bridgehead atoms. The van der Waals surface area contributed by atoms with Crippen LogP contribution >= 0.6 is 0 Å². The predicted octanol–water partition coefficient (Wildman–Crippen LogP) is -1.05. The largest absolute Gasteiger partial charge is 0.320 e. The number of hydrogen-bond donors (Lipinski definition) is 3. The molecule has 0 radical (unpaired) electrons. The molecular formula is C12H17N3O4S2. The smallest absolute Gasteiger partial charge is 0.240 e. The molecule has 9 heteroatoms. The molecular weight excluding hydrogens is 314 g/mol. The maximum absolute atomic E-state index is 12.0. The normalized spacial score (nSPS) is 11.7. The van der Waals surface area contributed by atoms with E-state index in [0.717, 1.165) is 0 Å². The lowest BCUT2D eigenvalue weighted by atomic mass is 10.2. The summed E-state index contributed by atoms with van der Waals surface area (Å²) in [5.41, 5.74) is 5.79. The SMILES string of the molecule is NCC#Cc1cccc(S(=O)(=O)NCCCS(N)(=O)=O)c1. The lowest BCUT2D eigenvalue weighted by Gasteiger charge is -2.06. The fourth-order valence-electron chi connectivity index (χ4n) is 1.46. The molecule has 0 fully saturated rings. The maximum Gasteiger partial charge on any atom is 0.240 e. The van der Waals surface area contributed by atoms with Gasteiger partial charge >= 0.3 is 0 Å². The third-order valence-corrected chi connectivity index (χ3v) is 4.69. The van der Waals surface area contributed by atoms with Gasteiger partial charge in [-0.05, 0) is 24.6 Å². The van der Waals surface area contributed by atoms with Crippen LogP contribution in [0.5, 0.6) is 0 Å². The second-order valence-corrected chi connectivity index (χ2v) is 7.65. The van der Waals surface area contributed by atoms with Gasteiger partial charge in [-0.1, -0.05) is 17.9 Å². The zero-order chi connectivity index (χ0) is 15.9. The summed E-state index contributed by atoms with van der Waals surface area (Å²) in [5.74, 6) is 5.09. The third-order valence-electron chi connectivity index (χ3n) is 2.38. The molecule has 0 aliphatic carbocycles. The van der Waals surface area contributed by atoms with Crippen LogP contribution in [0.2, 0.25) is 0 Å². The van der Waals surface area contributed by atoms with E-state index in [9.17, 15) is 16.8 Å². The minimum atomic E-state index is -3.71. The van der Waals surface area contributed by atoms with Crippen molar-refractivity contribution in [2.24, 2.45) is 10.9 Å². The molecule has 0 unspecified atom stereocenters. The van der Waals surface area contributed by atoms with Crippen molar-refractivity contribution in [1.29, 1.82) is 0 Å². The lowest BCUT2D eigenvalue weighted by molar-refractivity contribution is 0.576. The van der Waals surface area contributed by atoms with Crippen LogP contribution in [-0.2, 0) is 20.0 Å². The van der Waals surface area contributed by atoms with Crippen LogP contribution in [0.4, 0.5) is 0 Å². The average molecular weight is 331 g/mol. The van der Waals surface area contributed by atoms with Crippen molar-refractivity contribution in [2.75, 3.05) is 18.8 Å². The van der Waals surface area contributed by atoms with Gasteiger partial charge in [0.05, 0.1) is 17.2 Å². The second kappa shape index (κ2) is 7.53. The Balaban J connectivity index is 2.74. The number of hydrogen-bond acceptors (Lipinski definition) is 5. The Morgan fingerprint density at radius 3 is 2.52 bits per heavy atom. The fourth-order valence-corrected chi connectivity index (χ4v) is 3.12. The van der Waals surface area contributed by atoms with Crippen LogP contribution < -0.4 is 15.6 Å². The maximum atomic E-state index is 12.0. The van der Waals surface area contributed by atoms with Gasteiger partial charge in [0.1, 0.15) is 0 Å². The average Bonchev–Trinajstić information content (AvgIpc) is 2.41. The molecule has 0 aromatic heterocycles. The Hall–Kier alpha value is -1.44. The van der Waals surface area contributed by atoms with Crippen molar-refractivity contribution in [3.63, 3.8) is 0 Å². The highest BCUT2D eigenvalue weighted by Crippen LogP contribution is 2.10. The fraction of sp³-hybridized carbons (Fsp3) is 0.333. The lowest BCUT2D eigenvalue weighted by Crippen LogP contribution is -2.27. The van der Waals surface area contributed by atoms with Gasteiger partial charge in [-0.3, -0.25) is 0 Å². The summed E-state index contributed by atoms with van der Waals surface area (Å²) < 4.78 is 47.8. The number of sulfonamides is 2. The minimum absolute atomic E-state index is 0.0164. The standard InChI is InChI=1S/C12H17N3O4S2/c13-7-2-5-11-4-1-6-12(10-11)21(18,19)15-8-3-9-20(14,16)17/h1,4,6,10,15H,3,7-9,13H2,(H2,14,16,17). The van der Waals surface area contributed by atoms with E-state index < -0.39 is 20.0 Å². The zero-order valence-corrected chi connectivity index (χ0v) is 12.9. The molecule has 7 nitrogen and oxygen atoms in total. The molecule has 0 atom stereocenters. The monoisotopic (exact) mass is 331 g/mol. The molecule has 0 aliphatic rings. The van der Waals surface area contributed by atoms with E-state index in [-0.39, 0.29) is 30.2 Å². The molecule has 0 spiro atoms. The molecule has 5 N–H and O–H groups in total. The van der Waals surface area contributed by atoms with E-state index in [1.807, 2.05) is 0 Å². The first-order chi connectivity index (χ1) is 9.74. The zero-order valence-electron chi connectivity index (χ0n) is 11.2. The Morgan fingerprint density at radius 2 is 1.90 bits per heavy atom. The number of rotatable bonds is 6. The van der Waals surface area contributed by atoms with E-state index >= 15 is 0 Å². The Kier molecular flexibility index (Phi) is 6.32. The van der Waals surface area contributed by atoms with E-state index in [0.29, 0.717) is 5.56 Å². The van der Waals surface area contributed by atoms with Gasteiger partial charge < -0.3 is 5.73 Å². The molecule has 0 saturated heterocycles. The third kappa shape index (κ3) is 6.70. The van der Waals surface area contributed by atoms with Crippen LogP contribution in [0.3, 0.4) is 0 Å². The van der Waals surface area contributed by atoms with Gasteiger partial charge in [0.25, 0.3) is 0 Å². The number of primary sulfonamides is 1. The van der Waals surface area contributed by atoms with Crippen molar-refractivity contribution in [2.45, 2.75) is 11.3 Å². The Labute approximate surface area is 124 Å². The Morgan fingerprint density at radius 1 is 1.19 bits per heavy atom. The topological polar surface area (TPSA) is 132 Å². The van der Waals surface area contributed by atoms with Crippen molar-refractivity contribution in [3.8, 4) is 11.8 Å². The van der Waals surface area contributed by atoms with Crippen molar-refractivity contribution in [1.82, 2.24) is 4.72 Å². The van der Waals surface area contributed by atoms with Crippen LogP contribution in [0.1, 0.15) is 12.0 Å². The summed E-state index contributed by atoms with van der Waals surface area (Å²) in [6, 6.07) is 6.09. The van der Waals surface area contributed by atoms with Crippen LogP contribution in [-0.4, -0.2) is 35.7 Å². The van der Waals surface area contributed by atoms with Gasteiger partial charge in [-0.2, -0.15) is 0 Å². The van der Waals surface area contributed by atoms with Gasteiger partial charge in [-0.25, -0.2) is 26.7 Å². The second-order valence-electron chi connectivity index (χ2n) is 4.15. The molecule has 1 aromatic carbocycles. The summed E-state index contributed by atoms with van der Waals surface area (Å²) in [6.45, 7) is 0.167. The van der Waals surface area contributed by atoms with Crippen molar-refractivity contribution >= 4 is 20.0 Å². The highest BCUT2D eigenvalue weighted by atomic mass is 32.2. The number of nitrogens with one attached hydrogen (secondary N) is 1. The van der Waals surface area contributed by atoms with Gasteiger partial charge in [-0.15, -0.1) is 0 Å². The first-order valence-electron chi connectivity index (χ1n) is 6.04. The summed E-state index contributed by atoms with van der Waals surface area (Å²) in [7, 11) is -7.30. The Bertz CT molecular complexity index is 746. The van der Waals surface area contributed by atoms with E-state index in [1.165, 1.54) is 12.1 Å². The molecule has 116 valence electrons. The highest BCUT2D eigenvalue weighted by molar-refractivity contribution is 7.89. The first-order valence-corrected chi connectivity index (χ1v) is 9.23. The summed E-state index contributed by atoms with van der Waals surface area (Å²) >= 11 is 0. The highest BCUT2D eigenvalue weighted by Gasteiger charge is 2.14.